The van der Waals surface area contributed by atoms with Crippen LogP contribution in [-0.2, 0) is 13.2 Å². The molecule has 0 radical (unpaired) electrons. The average molecular weight is 391 g/mol. The summed E-state index contributed by atoms with van der Waals surface area (Å²) in [4.78, 5) is 6.43. The molecule has 146 valence electrons. The van der Waals surface area contributed by atoms with Gasteiger partial charge in [-0.25, -0.2) is 0 Å². The lowest BCUT2D eigenvalue weighted by atomic mass is 10.1. The molecule has 4 aromatic rings. The molecule has 4 heteroatoms. The third-order valence-corrected chi connectivity index (χ3v) is 4.78. The molecule has 0 aliphatic heterocycles. The number of rotatable bonds is 7. The number of anilines is 2. The zero-order valence-corrected chi connectivity index (χ0v) is 16.5. The normalized spacial score (nSPS) is 10.2. The van der Waals surface area contributed by atoms with Crippen LogP contribution in [0.25, 0.3) is 0 Å². The van der Waals surface area contributed by atoms with E-state index >= 15 is 0 Å². The highest BCUT2D eigenvalue weighted by Crippen LogP contribution is 2.27. The molecular formula is C26H21N3O. The summed E-state index contributed by atoms with van der Waals surface area (Å²) >= 11 is 0. The minimum absolute atomic E-state index is 0.549. The number of nitrogens with zero attached hydrogens (tertiary/aromatic N) is 3. The first-order chi connectivity index (χ1) is 14.8. The number of pyridine rings is 1. The minimum atomic E-state index is 0.549. The summed E-state index contributed by atoms with van der Waals surface area (Å²) in [6.07, 6.45) is 3.61. The first kappa shape index (κ1) is 19.2. The molecule has 0 saturated carbocycles. The molecule has 1 aromatic heterocycles. The summed E-state index contributed by atoms with van der Waals surface area (Å²) in [5, 5.41) is 9.08. The molecule has 0 unspecified atom stereocenters. The Hall–Kier alpha value is -4.10. The Morgan fingerprint density at radius 3 is 2.20 bits per heavy atom. The number of benzene rings is 3. The van der Waals surface area contributed by atoms with Crippen molar-refractivity contribution >= 4 is 11.4 Å². The maximum Gasteiger partial charge on any atom is 0.119 e. The summed E-state index contributed by atoms with van der Waals surface area (Å²) in [6, 6.07) is 32.0. The monoisotopic (exact) mass is 391 g/mol. The quantitative estimate of drug-likeness (QED) is 0.395. The molecule has 0 atom stereocenters. The third kappa shape index (κ3) is 4.84. The van der Waals surface area contributed by atoms with Gasteiger partial charge in [0, 0.05) is 18.4 Å². The molecule has 4 rings (SSSR count). The van der Waals surface area contributed by atoms with Crippen LogP contribution >= 0.6 is 0 Å². The van der Waals surface area contributed by atoms with Crippen molar-refractivity contribution in [3.63, 3.8) is 0 Å². The van der Waals surface area contributed by atoms with E-state index in [-0.39, 0.29) is 0 Å². The minimum Gasteiger partial charge on any atom is -0.489 e. The zero-order chi connectivity index (χ0) is 20.6. The number of hydrogen-bond donors (Lipinski definition) is 0. The Bertz CT molecular complexity index is 1100. The summed E-state index contributed by atoms with van der Waals surface area (Å²) in [6.45, 7) is 1.23. The van der Waals surface area contributed by atoms with Crippen LogP contribution in [0.1, 0.15) is 16.7 Å². The van der Waals surface area contributed by atoms with Crippen molar-refractivity contribution in [3.05, 3.63) is 120 Å². The molecule has 30 heavy (non-hydrogen) atoms. The molecule has 3 aromatic carbocycles. The number of nitriles is 1. The maximum absolute atomic E-state index is 9.08. The summed E-state index contributed by atoms with van der Waals surface area (Å²) < 4.78 is 5.89. The molecule has 0 aliphatic rings. The van der Waals surface area contributed by atoms with Gasteiger partial charge in [0.2, 0.25) is 0 Å². The van der Waals surface area contributed by atoms with Gasteiger partial charge in [0.1, 0.15) is 12.4 Å². The van der Waals surface area contributed by atoms with Gasteiger partial charge in [0.25, 0.3) is 0 Å². The van der Waals surface area contributed by atoms with Crippen LogP contribution in [-0.4, -0.2) is 4.98 Å². The van der Waals surface area contributed by atoms with Gasteiger partial charge in [-0.2, -0.15) is 5.26 Å². The van der Waals surface area contributed by atoms with Crippen molar-refractivity contribution in [2.75, 3.05) is 4.90 Å². The molecule has 0 fully saturated rings. The molecule has 0 amide bonds. The van der Waals surface area contributed by atoms with Gasteiger partial charge in [0.05, 0.1) is 23.5 Å². The van der Waals surface area contributed by atoms with Crippen LogP contribution in [0.5, 0.6) is 5.75 Å². The van der Waals surface area contributed by atoms with E-state index in [2.05, 4.69) is 40.2 Å². The smallest absolute Gasteiger partial charge is 0.119 e. The molecule has 0 N–H and O–H groups in total. The predicted octanol–water partition coefficient (Wildman–Crippen LogP) is 5.87. The standard InChI is InChI=1S/C26H21N3O/c27-17-21-8-12-24(13-9-21)29(25-7-4-16-28-18-25)19-22-10-14-26(15-11-22)30-20-23-5-2-1-3-6-23/h1-16,18H,19-20H2. The van der Waals surface area contributed by atoms with E-state index in [4.69, 9.17) is 10.00 Å². The van der Waals surface area contributed by atoms with Crippen LogP contribution in [0.15, 0.2) is 103 Å². The van der Waals surface area contributed by atoms with E-state index in [1.807, 2.05) is 72.9 Å². The molecule has 0 spiro atoms. The van der Waals surface area contributed by atoms with Crippen LogP contribution in [0.2, 0.25) is 0 Å². The van der Waals surface area contributed by atoms with Crippen molar-refractivity contribution in [3.8, 4) is 11.8 Å². The third-order valence-electron chi connectivity index (χ3n) is 4.78. The second kappa shape index (κ2) is 9.40. The van der Waals surface area contributed by atoms with Crippen molar-refractivity contribution in [2.24, 2.45) is 0 Å². The summed E-state index contributed by atoms with van der Waals surface area (Å²) in [5.41, 5.74) is 4.93. The van der Waals surface area contributed by atoms with Gasteiger partial charge < -0.3 is 9.64 Å². The number of hydrogen-bond acceptors (Lipinski definition) is 4. The Morgan fingerprint density at radius 1 is 0.767 bits per heavy atom. The lowest BCUT2D eigenvalue weighted by Crippen LogP contribution is -2.16. The summed E-state index contributed by atoms with van der Waals surface area (Å²) in [7, 11) is 0. The second-order valence-corrected chi connectivity index (χ2v) is 6.87. The van der Waals surface area contributed by atoms with Crippen molar-refractivity contribution in [1.82, 2.24) is 4.98 Å². The molecule has 0 bridgehead atoms. The molecular weight excluding hydrogens is 370 g/mol. The lowest BCUT2D eigenvalue weighted by Gasteiger charge is -2.25. The summed E-state index contributed by atoms with van der Waals surface area (Å²) in [5.74, 6) is 0.842. The number of ether oxygens (including phenoxy) is 1. The van der Waals surface area contributed by atoms with Gasteiger partial charge in [0.15, 0.2) is 0 Å². The topological polar surface area (TPSA) is 49.2 Å². The van der Waals surface area contributed by atoms with Crippen LogP contribution in [0.4, 0.5) is 11.4 Å². The highest BCUT2D eigenvalue weighted by atomic mass is 16.5. The molecule has 1 heterocycles. The van der Waals surface area contributed by atoms with Crippen LogP contribution in [0.3, 0.4) is 0 Å². The number of aromatic nitrogens is 1. The predicted molar refractivity (Wildman–Crippen MR) is 118 cm³/mol. The van der Waals surface area contributed by atoms with Crippen molar-refractivity contribution in [1.29, 1.82) is 5.26 Å². The van der Waals surface area contributed by atoms with Gasteiger partial charge in [-0.1, -0.05) is 42.5 Å². The fraction of sp³-hybridized carbons (Fsp3) is 0.0769. The van der Waals surface area contributed by atoms with Crippen molar-refractivity contribution < 1.29 is 4.74 Å². The largest absolute Gasteiger partial charge is 0.489 e. The fourth-order valence-electron chi connectivity index (χ4n) is 3.18. The van der Waals surface area contributed by atoms with Gasteiger partial charge in [-0.05, 0) is 59.7 Å². The SMILES string of the molecule is N#Cc1ccc(N(Cc2ccc(OCc3ccccc3)cc2)c2cccnc2)cc1. The van der Waals surface area contributed by atoms with Gasteiger partial charge in [-0.3, -0.25) is 4.98 Å². The Labute approximate surface area is 176 Å². The van der Waals surface area contributed by atoms with E-state index in [0.29, 0.717) is 18.7 Å². The van der Waals surface area contributed by atoms with E-state index in [0.717, 1.165) is 28.3 Å². The Morgan fingerprint density at radius 2 is 1.53 bits per heavy atom. The fourth-order valence-corrected chi connectivity index (χ4v) is 3.18. The maximum atomic E-state index is 9.08. The molecule has 4 nitrogen and oxygen atoms in total. The molecule has 0 aliphatic carbocycles. The second-order valence-electron chi connectivity index (χ2n) is 6.87. The average Bonchev–Trinajstić information content (AvgIpc) is 2.83. The highest BCUT2D eigenvalue weighted by Gasteiger charge is 2.11. The first-order valence-electron chi connectivity index (χ1n) is 9.75. The van der Waals surface area contributed by atoms with Gasteiger partial charge in [-0.15, -0.1) is 0 Å². The Kier molecular flexibility index (Phi) is 6.02. The molecule has 0 saturated heterocycles. The first-order valence-corrected chi connectivity index (χ1v) is 9.75. The van der Waals surface area contributed by atoms with Gasteiger partial charge >= 0.3 is 0 Å². The van der Waals surface area contributed by atoms with E-state index in [9.17, 15) is 0 Å². The Balaban J connectivity index is 1.50. The van der Waals surface area contributed by atoms with Crippen LogP contribution < -0.4 is 9.64 Å². The van der Waals surface area contributed by atoms with E-state index < -0.39 is 0 Å². The van der Waals surface area contributed by atoms with E-state index in [1.165, 1.54) is 0 Å². The lowest BCUT2D eigenvalue weighted by molar-refractivity contribution is 0.306. The van der Waals surface area contributed by atoms with E-state index in [1.54, 1.807) is 6.20 Å². The van der Waals surface area contributed by atoms with Crippen LogP contribution in [0, 0.1) is 11.3 Å². The highest BCUT2D eigenvalue weighted by molar-refractivity contribution is 5.63. The van der Waals surface area contributed by atoms with Crippen molar-refractivity contribution in [2.45, 2.75) is 13.2 Å². The zero-order valence-electron chi connectivity index (χ0n) is 16.5.